The summed E-state index contributed by atoms with van der Waals surface area (Å²) in [4.78, 5) is 21.5. The molecule has 0 radical (unpaired) electrons. The van der Waals surface area contributed by atoms with Gasteiger partial charge in [-0.2, -0.15) is 0 Å². The number of aromatic nitrogens is 1. The molecule has 0 aliphatic carbocycles. The van der Waals surface area contributed by atoms with Gasteiger partial charge in [-0.25, -0.2) is 9.78 Å². The predicted octanol–water partition coefficient (Wildman–Crippen LogP) is 6.13. The highest BCUT2D eigenvalue weighted by Gasteiger charge is 2.37. The minimum Gasteiger partial charge on any atom is -0.465 e. The molecule has 160 valence electrons. The third-order valence-corrected chi connectivity index (χ3v) is 6.52. The minimum absolute atomic E-state index is 0.146. The van der Waals surface area contributed by atoms with Gasteiger partial charge in [0.1, 0.15) is 6.17 Å². The highest BCUT2D eigenvalue weighted by Crippen LogP contribution is 2.47. The molecule has 0 spiro atoms. The number of carbonyl (C=O) groups is 1. The Balaban J connectivity index is 1.78. The van der Waals surface area contributed by atoms with Gasteiger partial charge in [0.05, 0.1) is 29.1 Å². The zero-order chi connectivity index (χ0) is 22.3. The molecule has 0 saturated heterocycles. The lowest BCUT2D eigenvalue weighted by atomic mass is 9.99. The quantitative estimate of drug-likeness (QED) is 0.461. The molecule has 0 amide bonds. The van der Waals surface area contributed by atoms with E-state index in [1.165, 1.54) is 7.11 Å². The Bertz CT molecular complexity index is 1140. The van der Waals surface area contributed by atoms with Crippen LogP contribution in [0.2, 0.25) is 5.02 Å². The number of hydrogen-bond acceptors (Lipinski definition) is 5. The number of carbonyl (C=O) groups excluding carboxylic acids is 1. The summed E-state index contributed by atoms with van der Waals surface area (Å²) in [5, 5.41) is 0.720. The molecule has 5 nitrogen and oxygen atoms in total. The number of rotatable bonds is 4. The average molecular weight is 436 g/mol. The van der Waals surface area contributed by atoms with Crippen molar-refractivity contribution in [3.05, 3.63) is 70.4 Å². The predicted molar refractivity (Wildman–Crippen MR) is 127 cm³/mol. The van der Waals surface area contributed by atoms with Crippen molar-refractivity contribution in [2.75, 3.05) is 24.0 Å². The van der Waals surface area contributed by atoms with Gasteiger partial charge in [-0.05, 0) is 55.2 Å². The number of methoxy groups -OCH3 is 1. The van der Waals surface area contributed by atoms with Crippen LogP contribution in [0.1, 0.15) is 35.0 Å². The number of benzene rings is 2. The van der Waals surface area contributed by atoms with Crippen LogP contribution in [0.3, 0.4) is 0 Å². The van der Waals surface area contributed by atoms with Gasteiger partial charge in [-0.1, -0.05) is 48.9 Å². The van der Waals surface area contributed by atoms with E-state index in [-0.39, 0.29) is 12.1 Å². The van der Waals surface area contributed by atoms with Gasteiger partial charge < -0.3 is 14.5 Å². The standard InChI is InChI=1S/C25H26ClN3O2/c1-6-21-28(4)23-15(2)22(26)16(3)27-24(23)29(21)18-13-11-17(12-14-18)19-9-7-8-10-20(19)25(30)31-5/h7-14,21H,6H2,1-5H3. The van der Waals surface area contributed by atoms with Crippen LogP contribution in [-0.2, 0) is 4.74 Å². The van der Waals surface area contributed by atoms with Gasteiger partial charge in [0.25, 0.3) is 0 Å². The van der Waals surface area contributed by atoms with Crippen molar-refractivity contribution in [2.24, 2.45) is 0 Å². The Kier molecular flexibility index (Phi) is 5.63. The molecule has 31 heavy (non-hydrogen) atoms. The maximum atomic E-state index is 12.2. The molecule has 1 aromatic heterocycles. The fourth-order valence-corrected chi connectivity index (χ4v) is 4.56. The first-order valence-corrected chi connectivity index (χ1v) is 10.7. The van der Waals surface area contributed by atoms with Crippen molar-refractivity contribution in [3.63, 3.8) is 0 Å². The van der Waals surface area contributed by atoms with E-state index in [1.54, 1.807) is 6.07 Å². The number of fused-ring (bicyclic) bond motifs is 1. The molecular formula is C25H26ClN3O2. The number of halogens is 1. The summed E-state index contributed by atoms with van der Waals surface area (Å²) >= 11 is 6.51. The Hall–Kier alpha value is -3.05. The molecule has 0 fully saturated rings. The van der Waals surface area contributed by atoms with Crippen LogP contribution in [0.15, 0.2) is 48.5 Å². The maximum absolute atomic E-state index is 12.2. The minimum atomic E-state index is -0.340. The van der Waals surface area contributed by atoms with E-state index in [0.29, 0.717) is 5.56 Å². The molecule has 6 heteroatoms. The van der Waals surface area contributed by atoms with E-state index in [2.05, 4.69) is 42.8 Å². The van der Waals surface area contributed by atoms with E-state index in [9.17, 15) is 4.79 Å². The molecule has 2 heterocycles. The smallest absolute Gasteiger partial charge is 0.338 e. The summed E-state index contributed by atoms with van der Waals surface area (Å²) < 4.78 is 4.94. The topological polar surface area (TPSA) is 45.7 Å². The molecule has 4 rings (SSSR count). The van der Waals surface area contributed by atoms with Crippen LogP contribution in [0, 0.1) is 13.8 Å². The third-order valence-electron chi connectivity index (χ3n) is 5.97. The van der Waals surface area contributed by atoms with Crippen LogP contribution in [0.5, 0.6) is 0 Å². The second kappa shape index (κ2) is 8.23. The lowest BCUT2D eigenvalue weighted by Crippen LogP contribution is -2.38. The Labute approximate surface area is 188 Å². The lowest BCUT2D eigenvalue weighted by Gasteiger charge is -2.29. The van der Waals surface area contributed by atoms with E-state index in [0.717, 1.165) is 51.0 Å². The van der Waals surface area contributed by atoms with Crippen molar-refractivity contribution in [2.45, 2.75) is 33.4 Å². The van der Waals surface area contributed by atoms with Gasteiger partial charge in [0.15, 0.2) is 5.82 Å². The molecule has 3 aromatic rings. The molecule has 1 aliphatic rings. The van der Waals surface area contributed by atoms with Crippen molar-refractivity contribution in [1.82, 2.24) is 4.98 Å². The number of esters is 1. The van der Waals surface area contributed by atoms with Crippen molar-refractivity contribution >= 4 is 34.8 Å². The second-order valence-electron chi connectivity index (χ2n) is 7.76. The van der Waals surface area contributed by atoms with E-state index < -0.39 is 0 Å². The monoisotopic (exact) mass is 435 g/mol. The van der Waals surface area contributed by atoms with Gasteiger partial charge >= 0.3 is 5.97 Å². The molecule has 0 saturated carbocycles. The SMILES string of the molecule is CCC1N(C)c2c(nc(C)c(Cl)c2C)N1c1ccc(-c2ccccc2C(=O)OC)cc1. The first-order chi connectivity index (χ1) is 14.9. The fourth-order valence-electron chi connectivity index (χ4n) is 4.43. The van der Waals surface area contributed by atoms with E-state index >= 15 is 0 Å². The lowest BCUT2D eigenvalue weighted by molar-refractivity contribution is 0.0601. The van der Waals surface area contributed by atoms with Crippen LogP contribution >= 0.6 is 11.6 Å². The number of hydrogen-bond donors (Lipinski definition) is 0. The third kappa shape index (κ3) is 3.43. The first-order valence-electron chi connectivity index (χ1n) is 10.4. The van der Waals surface area contributed by atoms with Crippen molar-refractivity contribution in [1.29, 1.82) is 0 Å². The zero-order valence-electron chi connectivity index (χ0n) is 18.4. The van der Waals surface area contributed by atoms with E-state index in [1.807, 2.05) is 37.3 Å². The number of ether oxygens (including phenoxy) is 1. The normalized spacial score (nSPS) is 15.2. The fraction of sp³-hybridized carbons (Fsp3) is 0.280. The molecular weight excluding hydrogens is 410 g/mol. The molecule has 2 aromatic carbocycles. The molecule has 1 atom stereocenters. The highest BCUT2D eigenvalue weighted by atomic mass is 35.5. The van der Waals surface area contributed by atoms with Crippen LogP contribution in [-0.4, -0.2) is 31.3 Å². The summed E-state index contributed by atoms with van der Waals surface area (Å²) in [6, 6.07) is 15.7. The molecule has 0 N–H and O–H groups in total. The molecule has 0 bridgehead atoms. The molecule has 1 aliphatic heterocycles. The second-order valence-corrected chi connectivity index (χ2v) is 8.14. The Morgan fingerprint density at radius 1 is 1.13 bits per heavy atom. The molecule has 1 unspecified atom stereocenters. The Morgan fingerprint density at radius 3 is 2.45 bits per heavy atom. The Morgan fingerprint density at radius 2 is 1.81 bits per heavy atom. The number of aryl methyl sites for hydroxylation is 1. The van der Waals surface area contributed by atoms with Crippen LogP contribution in [0.4, 0.5) is 17.2 Å². The van der Waals surface area contributed by atoms with Crippen LogP contribution in [0.25, 0.3) is 11.1 Å². The largest absolute Gasteiger partial charge is 0.465 e. The number of anilines is 3. The summed E-state index contributed by atoms with van der Waals surface area (Å²) in [6.45, 7) is 6.17. The summed E-state index contributed by atoms with van der Waals surface area (Å²) in [7, 11) is 3.49. The average Bonchev–Trinajstić information content (AvgIpc) is 3.08. The van der Waals surface area contributed by atoms with Crippen molar-refractivity contribution in [3.8, 4) is 11.1 Å². The van der Waals surface area contributed by atoms with Gasteiger partial charge in [-0.3, -0.25) is 0 Å². The summed E-state index contributed by atoms with van der Waals surface area (Å²) in [5.74, 6) is 0.587. The zero-order valence-corrected chi connectivity index (χ0v) is 19.2. The first kappa shape index (κ1) is 21.2. The highest BCUT2D eigenvalue weighted by molar-refractivity contribution is 6.32. The maximum Gasteiger partial charge on any atom is 0.338 e. The van der Waals surface area contributed by atoms with Gasteiger partial charge in [0.2, 0.25) is 0 Å². The summed E-state index contributed by atoms with van der Waals surface area (Å²) in [5.41, 5.74) is 6.37. The van der Waals surface area contributed by atoms with Gasteiger partial charge in [-0.15, -0.1) is 0 Å². The van der Waals surface area contributed by atoms with Gasteiger partial charge in [0, 0.05) is 12.7 Å². The van der Waals surface area contributed by atoms with Crippen molar-refractivity contribution < 1.29 is 9.53 Å². The number of nitrogens with zero attached hydrogens (tertiary/aromatic N) is 3. The van der Waals surface area contributed by atoms with E-state index in [4.69, 9.17) is 21.3 Å². The van der Waals surface area contributed by atoms with Crippen LogP contribution < -0.4 is 9.80 Å². The number of pyridine rings is 1. The summed E-state index contributed by atoms with van der Waals surface area (Å²) in [6.07, 6.45) is 1.07.